The molecule has 0 aromatic heterocycles. The zero-order chi connectivity index (χ0) is 14.4. The topological polar surface area (TPSA) is 101 Å². The molecule has 1 aromatic rings. The Hall–Kier alpha value is -2.44. The molecule has 0 aliphatic rings. The van der Waals surface area contributed by atoms with Gasteiger partial charge in [0.15, 0.2) is 0 Å². The molecule has 1 amide bonds. The number of carboxylic acids is 1. The molecule has 0 fully saturated rings. The summed E-state index contributed by atoms with van der Waals surface area (Å²) in [5, 5.41) is 19.1. The molecule has 0 heterocycles. The largest absolute Gasteiger partial charge is 0.481 e. The van der Waals surface area contributed by atoms with Gasteiger partial charge in [0.25, 0.3) is 5.69 Å². The summed E-state index contributed by atoms with van der Waals surface area (Å²) >= 11 is 0. The SMILES string of the molecule is CN(CCC(=O)O)C(=O)Cc1cccc([N+](=O)[O-])c1. The first-order valence-corrected chi connectivity index (χ1v) is 5.59. The van der Waals surface area contributed by atoms with Crippen molar-refractivity contribution in [2.75, 3.05) is 13.6 Å². The summed E-state index contributed by atoms with van der Waals surface area (Å²) in [6.45, 7) is 0.114. The summed E-state index contributed by atoms with van der Waals surface area (Å²) in [7, 11) is 1.50. The van der Waals surface area contributed by atoms with Crippen molar-refractivity contribution in [3.05, 3.63) is 39.9 Å². The third kappa shape index (κ3) is 4.74. The van der Waals surface area contributed by atoms with Gasteiger partial charge in [0.05, 0.1) is 17.8 Å². The van der Waals surface area contributed by atoms with Crippen LogP contribution in [0.1, 0.15) is 12.0 Å². The van der Waals surface area contributed by atoms with Gasteiger partial charge in [0.2, 0.25) is 5.91 Å². The number of benzene rings is 1. The molecule has 0 spiro atoms. The number of carbonyl (C=O) groups excluding carboxylic acids is 1. The van der Waals surface area contributed by atoms with E-state index in [1.165, 1.54) is 30.1 Å². The summed E-state index contributed by atoms with van der Waals surface area (Å²) in [6.07, 6.45) is -0.116. The van der Waals surface area contributed by atoms with Gasteiger partial charge in [0, 0.05) is 25.7 Å². The van der Waals surface area contributed by atoms with Crippen LogP contribution < -0.4 is 0 Å². The number of hydrogen-bond donors (Lipinski definition) is 1. The Kier molecular flexibility index (Phi) is 4.99. The van der Waals surface area contributed by atoms with E-state index < -0.39 is 10.9 Å². The highest BCUT2D eigenvalue weighted by Gasteiger charge is 2.13. The van der Waals surface area contributed by atoms with Crippen molar-refractivity contribution in [1.82, 2.24) is 4.90 Å². The third-order valence-corrected chi connectivity index (χ3v) is 2.56. The number of carbonyl (C=O) groups is 2. The van der Waals surface area contributed by atoms with Gasteiger partial charge >= 0.3 is 5.97 Å². The highest BCUT2D eigenvalue weighted by molar-refractivity contribution is 5.79. The molecule has 7 heteroatoms. The quantitative estimate of drug-likeness (QED) is 0.613. The molecule has 19 heavy (non-hydrogen) atoms. The molecule has 0 aliphatic heterocycles. The van der Waals surface area contributed by atoms with E-state index in [9.17, 15) is 19.7 Å². The number of nitrogens with zero attached hydrogens (tertiary/aromatic N) is 2. The molecular formula is C12H14N2O5. The standard InChI is InChI=1S/C12H14N2O5/c1-13(6-5-12(16)17)11(15)8-9-3-2-4-10(7-9)14(18)19/h2-4,7H,5-6,8H2,1H3,(H,16,17). The van der Waals surface area contributed by atoms with Crippen LogP contribution >= 0.6 is 0 Å². The Morgan fingerprint density at radius 2 is 2.11 bits per heavy atom. The first kappa shape index (κ1) is 14.6. The lowest BCUT2D eigenvalue weighted by atomic mass is 10.1. The third-order valence-electron chi connectivity index (χ3n) is 2.56. The van der Waals surface area contributed by atoms with Crippen LogP contribution in [0.5, 0.6) is 0 Å². The van der Waals surface area contributed by atoms with Crippen molar-refractivity contribution in [3.63, 3.8) is 0 Å². The zero-order valence-corrected chi connectivity index (χ0v) is 10.4. The van der Waals surface area contributed by atoms with E-state index in [0.29, 0.717) is 5.56 Å². The first-order chi connectivity index (χ1) is 8.90. The molecule has 1 rings (SSSR count). The second-order valence-corrected chi connectivity index (χ2v) is 4.06. The average molecular weight is 266 g/mol. The fourth-order valence-corrected chi connectivity index (χ4v) is 1.48. The molecule has 1 aromatic carbocycles. The summed E-state index contributed by atoms with van der Waals surface area (Å²) in [4.78, 5) is 33.5. The lowest BCUT2D eigenvalue weighted by molar-refractivity contribution is -0.384. The Morgan fingerprint density at radius 3 is 2.68 bits per heavy atom. The number of aliphatic carboxylic acids is 1. The number of non-ortho nitro benzene ring substituents is 1. The minimum Gasteiger partial charge on any atom is -0.481 e. The predicted octanol–water partition coefficient (Wildman–Crippen LogP) is 1.07. The molecule has 0 unspecified atom stereocenters. The number of nitro benzene ring substituents is 1. The van der Waals surface area contributed by atoms with E-state index in [1.807, 2.05) is 0 Å². The monoisotopic (exact) mass is 266 g/mol. The Bertz CT molecular complexity index is 501. The molecule has 0 radical (unpaired) electrons. The molecule has 0 saturated carbocycles. The maximum atomic E-state index is 11.8. The minimum absolute atomic E-state index is 0.0117. The van der Waals surface area contributed by atoms with Crippen LogP contribution in [0.3, 0.4) is 0 Å². The van der Waals surface area contributed by atoms with E-state index in [0.717, 1.165) is 0 Å². The van der Waals surface area contributed by atoms with E-state index >= 15 is 0 Å². The lowest BCUT2D eigenvalue weighted by Crippen LogP contribution is -2.30. The van der Waals surface area contributed by atoms with Crippen molar-refractivity contribution in [2.24, 2.45) is 0 Å². The average Bonchev–Trinajstić information content (AvgIpc) is 2.36. The summed E-state index contributed by atoms with van der Waals surface area (Å²) in [5.41, 5.74) is 0.458. The van der Waals surface area contributed by atoms with E-state index in [2.05, 4.69) is 0 Å². The highest BCUT2D eigenvalue weighted by atomic mass is 16.6. The van der Waals surface area contributed by atoms with Gasteiger partial charge in [-0.05, 0) is 5.56 Å². The number of amides is 1. The maximum absolute atomic E-state index is 11.8. The fraction of sp³-hybridized carbons (Fsp3) is 0.333. The summed E-state index contributed by atoms with van der Waals surface area (Å²) in [5.74, 6) is -1.25. The maximum Gasteiger partial charge on any atom is 0.305 e. The smallest absolute Gasteiger partial charge is 0.305 e. The number of rotatable bonds is 6. The second kappa shape index (κ2) is 6.48. The Morgan fingerprint density at radius 1 is 1.42 bits per heavy atom. The molecule has 0 bridgehead atoms. The minimum atomic E-state index is -0.977. The van der Waals surface area contributed by atoms with Crippen LogP contribution in [0.25, 0.3) is 0 Å². The molecule has 1 N–H and O–H groups in total. The van der Waals surface area contributed by atoms with Crippen molar-refractivity contribution < 1.29 is 19.6 Å². The van der Waals surface area contributed by atoms with Crippen LogP contribution in [0.2, 0.25) is 0 Å². The Labute approximate surface area is 109 Å². The zero-order valence-electron chi connectivity index (χ0n) is 10.4. The van der Waals surface area contributed by atoms with E-state index in [1.54, 1.807) is 6.07 Å². The number of likely N-dealkylation sites (N-methyl/N-ethyl adjacent to an activating group) is 1. The van der Waals surface area contributed by atoms with E-state index in [-0.39, 0.29) is 31.0 Å². The van der Waals surface area contributed by atoms with Crippen molar-refractivity contribution in [3.8, 4) is 0 Å². The highest BCUT2D eigenvalue weighted by Crippen LogP contribution is 2.14. The number of nitro groups is 1. The molecule has 102 valence electrons. The molecule has 7 nitrogen and oxygen atoms in total. The van der Waals surface area contributed by atoms with Crippen molar-refractivity contribution >= 4 is 17.6 Å². The van der Waals surface area contributed by atoms with Gasteiger partial charge in [0.1, 0.15) is 0 Å². The van der Waals surface area contributed by atoms with Crippen LogP contribution in [0.4, 0.5) is 5.69 Å². The normalized spacial score (nSPS) is 9.95. The van der Waals surface area contributed by atoms with Gasteiger partial charge in [-0.2, -0.15) is 0 Å². The van der Waals surface area contributed by atoms with Gasteiger partial charge in [-0.1, -0.05) is 12.1 Å². The molecular weight excluding hydrogens is 252 g/mol. The second-order valence-electron chi connectivity index (χ2n) is 4.06. The fourth-order valence-electron chi connectivity index (χ4n) is 1.48. The van der Waals surface area contributed by atoms with Gasteiger partial charge in [-0.15, -0.1) is 0 Å². The van der Waals surface area contributed by atoms with Gasteiger partial charge < -0.3 is 10.0 Å². The number of hydrogen-bond acceptors (Lipinski definition) is 4. The summed E-state index contributed by atoms with van der Waals surface area (Å²) < 4.78 is 0. The first-order valence-electron chi connectivity index (χ1n) is 5.59. The van der Waals surface area contributed by atoms with Crippen molar-refractivity contribution in [1.29, 1.82) is 0 Å². The van der Waals surface area contributed by atoms with Gasteiger partial charge in [-0.3, -0.25) is 19.7 Å². The van der Waals surface area contributed by atoms with Crippen LogP contribution in [0.15, 0.2) is 24.3 Å². The molecule has 0 aliphatic carbocycles. The van der Waals surface area contributed by atoms with Crippen molar-refractivity contribution in [2.45, 2.75) is 12.8 Å². The predicted molar refractivity (Wildman–Crippen MR) is 66.7 cm³/mol. The molecule has 0 atom stereocenters. The van der Waals surface area contributed by atoms with E-state index in [4.69, 9.17) is 5.11 Å². The van der Waals surface area contributed by atoms with Gasteiger partial charge in [-0.25, -0.2) is 0 Å². The summed E-state index contributed by atoms with van der Waals surface area (Å²) in [6, 6.07) is 5.82. The Balaban J connectivity index is 2.63. The van der Waals surface area contributed by atoms with Crippen LogP contribution in [-0.2, 0) is 16.0 Å². The molecule has 0 saturated heterocycles. The van der Waals surface area contributed by atoms with Crippen LogP contribution in [0, 0.1) is 10.1 Å². The van der Waals surface area contributed by atoms with Crippen LogP contribution in [-0.4, -0.2) is 40.4 Å². The number of carboxylic acid groups (broad SMARTS) is 1. The lowest BCUT2D eigenvalue weighted by Gasteiger charge is -2.15.